The molecule has 3 atom stereocenters. The van der Waals surface area contributed by atoms with E-state index in [9.17, 15) is 10.1 Å². The Morgan fingerprint density at radius 3 is 2.60 bits per heavy atom. The minimum absolute atomic E-state index is 0.0517. The minimum atomic E-state index is -0.239. The van der Waals surface area contributed by atoms with Crippen LogP contribution in [0.2, 0.25) is 0 Å². The second-order valence-corrected chi connectivity index (χ2v) is 8.97. The quantitative estimate of drug-likeness (QED) is 0.444. The van der Waals surface area contributed by atoms with Crippen LogP contribution in [0.3, 0.4) is 0 Å². The molecule has 1 heterocycles. The third kappa shape index (κ3) is 4.05. The summed E-state index contributed by atoms with van der Waals surface area (Å²) in [5, 5.41) is 12.3. The van der Waals surface area contributed by atoms with Crippen LogP contribution < -0.4 is 4.74 Å². The van der Waals surface area contributed by atoms with Crippen molar-refractivity contribution in [3.05, 3.63) is 57.7 Å². The number of benzene rings is 1. The van der Waals surface area contributed by atoms with Crippen molar-refractivity contribution in [1.82, 2.24) is 9.97 Å². The largest absolute Gasteiger partial charge is 0.490 e. The molecular weight excluding hydrogens is 378 g/mol. The minimum Gasteiger partial charge on any atom is -0.490 e. The number of methoxy groups -OCH3 is 1. The molecule has 4 rings (SSSR count). The molecule has 2 aromatic rings. The number of aromatic nitrogens is 2. The molecular formula is C24H31N3O3. The Balaban J connectivity index is 1.83. The summed E-state index contributed by atoms with van der Waals surface area (Å²) in [6.07, 6.45) is 14.4. The summed E-state index contributed by atoms with van der Waals surface area (Å²) in [5.74, 6) is 1.50. The topological polar surface area (TPSA) is 78.2 Å². The molecule has 6 nitrogen and oxygen atoms in total. The first-order chi connectivity index (χ1) is 14.6. The van der Waals surface area contributed by atoms with Crippen molar-refractivity contribution in [3.8, 4) is 5.75 Å². The van der Waals surface area contributed by atoms with Crippen LogP contribution in [0.4, 0.5) is 5.69 Å². The lowest BCUT2D eigenvalue weighted by atomic mass is 9.76. The molecule has 2 fully saturated rings. The van der Waals surface area contributed by atoms with Crippen LogP contribution in [0.25, 0.3) is 0 Å². The van der Waals surface area contributed by atoms with E-state index in [4.69, 9.17) is 4.74 Å². The van der Waals surface area contributed by atoms with Gasteiger partial charge < -0.3 is 4.74 Å². The van der Waals surface area contributed by atoms with Gasteiger partial charge in [-0.2, -0.15) is 0 Å². The van der Waals surface area contributed by atoms with E-state index in [-0.39, 0.29) is 22.4 Å². The highest BCUT2D eigenvalue weighted by Gasteiger charge is 2.42. The monoisotopic (exact) mass is 409 g/mol. The Hall–Kier alpha value is -2.50. The van der Waals surface area contributed by atoms with E-state index in [1.165, 1.54) is 39.2 Å². The molecule has 0 bridgehead atoms. The van der Waals surface area contributed by atoms with Crippen LogP contribution in [-0.4, -0.2) is 22.0 Å². The zero-order valence-electron chi connectivity index (χ0n) is 17.9. The Labute approximate surface area is 178 Å². The van der Waals surface area contributed by atoms with E-state index in [0.717, 1.165) is 36.1 Å². The third-order valence-corrected chi connectivity index (χ3v) is 7.18. The summed E-state index contributed by atoms with van der Waals surface area (Å²) in [6.45, 7) is 2.22. The van der Waals surface area contributed by atoms with E-state index in [2.05, 4.69) is 23.0 Å². The maximum atomic E-state index is 12.3. The highest BCUT2D eigenvalue weighted by molar-refractivity contribution is 5.59. The normalized spacial score (nSPS) is 24.7. The van der Waals surface area contributed by atoms with Crippen LogP contribution >= 0.6 is 0 Å². The van der Waals surface area contributed by atoms with Gasteiger partial charge in [0.1, 0.15) is 0 Å². The molecule has 0 radical (unpaired) electrons. The SMILES string of the molecule is COc1ccc(CC2CCCCC2)c(C2C(C)CCC2c2cnccn2)c1[N+](=O)[O-]. The highest BCUT2D eigenvalue weighted by Crippen LogP contribution is 2.54. The molecule has 0 aliphatic heterocycles. The van der Waals surface area contributed by atoms with E-state index in [1.807, 2.05) is 6.20 Å². The van der Waals surface area contributed by atoms with Crippen LogP contribution in [0.15, 0.2) is 30.7 Å². The standard InChI is InChI=1S/C24H31N3O3/c1-16-8-10-19(20-15-25-12-13-26-20)22(16)23-18(14-17-6-4-3-5-7-17)9-11-21(30-2)24(23)27(28)29/h9,11-13,15-17,19,22H,3-8,10,14H2,1-2H3. The van der Waals surface area contributed by atoms with Crippen molar-refractivity contribution in [1.29, 1.82) is 0 Å². The predicted molar refractivity (Wildman–Crippen MR) is 116 cm³/mol. The van der Waals surface area contributed by atoms with Gasteiger partial charge in [-0.25, -0.2) is 0 Å². The van der Waals surface area contributed by atoms with Crippen molar-refractivity contribution in [2.45, 2.75) is 70.1 Å². The van der Waals surface area contributed by atoms with Crippen molar-refractivity contribution in [3.63, 3.8) is 0 Å². The van der Waals surface area contributed by atoms with Crippen LogP contribution in [0, 0.1) is 22.0 Å². The first kappa shape index (κ1) is 20.8. The molecule has 0 amide bonds. The number of nitro groups is 1. The number of rotatable bonds is 6. The lowest BCUT2D eigenvalue weighted by Crippen LogP contribution is -2.18. The Morgan fingerprint density at radius 1 is 1.13 bits per heavy atom. The number of nitrogens with zero attached hydrogens (tertiary/aromatic N) is 3. The van der Waals surface area contributed by atoms with Gasteiger partial charge in [0, 0.05) is 36.0 Å². The molecule has 1 aromatic heterocycles. The van der Waals surface area contributed by atoms with Gasteiger partial charge >= 0.3 is 5.69 Å². The number of ether oxygens (including phenoxy) is 1. The van der Waals surface area contributed by atoms with Gasteiger partial charge in [0.2, 0.25) is 0 Å². The van der Waals surface area contributed by atoms with E-state index >= 15 is 0 Å². The van der Waals surface area contributed by atoms with Crippen LogP contribution in [0.1, 0.15) is 80.5 Å². The van der Waals surface area contributed by atoms with Gasteiger partial charge in [0.15, 0.2) is 5.75 Å². The molecule has 0 N–H and O–H groups in total. The molecule has 2 aliphatic rings. The van der Waals surface area contributed by atoms with Crippen LogP contribution in [-0.2, 0) is 6.42 Å². The fourth-order valence-electron chi connectivity index (χ4n) is 5.75. The molecule has 0 saturated heterocycles. The first-order valence-electron chi connectivity index (χ1n) is 11.2. The molecule has 1 aromatic carbocycles. The first-order valence-corrected chi connectivity index (χ1v) is 11.2. The lowest BCUT2D eigenvalue weighted by Gasteiger charge is -2.28. The molecule has 2 aliphatic carbocycles. The molecule has 2 saturated carbocycles. The van der Waals surface area contributed by atoms with Crippen molar-refractivity contribution >= 4 is 5.69 Å². The molecule has 3 unspecified atom stereocenters. The van der Waals surface area contributed by atoms with Crippen molar-refractivity contribution in [2.75, 3.05) is 7.11 Å². The molecule has 0 spiro atoms. The van der Waals surface area contributed by atoms with Gasteiger partial charge in [-0.15, -0.1) is 0 Å². The smallest absolute Gasteiger partial charge is 0.314 e. The number of hydrogen-bond donors (Lipinski definition) is 0. The van der Waals surface area contributed by atoms with Crippen molar-refractivity contribution in [2.24, 2.45) is 11.8 Å². The van der Waals surface area contributed by atoms with Gasteiger partial charge in [-0.3, -0.25) is 20.1 Å². The maximum Gasteiger partial charge on any atom is 0.314 e. The summed E-state index contributed by atoms with van der Waals surface area (Å²) >= 11 is 0. The second-order valence-electron chi connectivity index (χ2n) is 8.97. The van der Waals surface area contributed by atoms with Gasteiger partial charge in [0.05, 0.1) is 17.7 Å². The van der Waals surface area contributed by atoms with Crippen LogP contribution in [0.5, 0.6) is 5.75 Å². The highest BCUT2D eigenvalue weighted by atomic mass is 16.6. The Kier molecular flexibility index (Phi) is 6.30. The van der Waals surface area contributed by atoms with E-state index in [0.29, 0.717) is 17.6 Å². The number of hydrogen-bond acceptors (Lipinski definition) is 5. The molecule has 160 valence electrons. The fourth-order valence-corrected chi connectivity index (χ4v) is 5.75. The average molecular weight is 410 g/mol. The molecule has 30 heavy (non-hydrogen) atoms. The van der Waals surface area contributed by atoms with E-state index < -0.39 is 0 Å². The summed E-state index contributed by atoms with van der Waals surface area (Å²) in [4.78, 5) is 20.8. The van der Waals surface area contributed by atoms with Gasteiger partial charge in [0.25, 0.3) is 0 Å². The second kappa shape index (κ2) is 9.11. The zero-order chi connectivity index (χ0) is 21.1. The van der Waals surface area contributed by atoms with Crippen molar-refractivity contribution < 1.29 is 9.66 Å². The summed E-state index contributed by atoms with van der Waals surface area (Å²) in [7, 11) is 1.52. The number of nitro benzene ring substituents is 1. The summed E-state index contributed by atoms with van der Waals surface area (Å²) in [5.41, 5.74) is 3.10. The zero-order valence-corrected chi connectivity index (χ0v) is 17.9. The summed E-state index contributed by atoms with van der Waals surface area (Å²) in [6, 6.07) is 3.87. The maximum absolute atomic E-state index is 12.3. The lowest BCUT2D eigenvalue weighted by molar-refractivity contribution is -0.386. The fraction of sp³-hybridized carbons (Fsp3) is 0.583. The predicted octanol–water partition coefficient (Wildman–Crippen LogP) is 5.81. The molecule has 6 heteroatoms. The van der Waals surface area contributed by atoms with Gasteiger partial charge in [-0.1, -0.05) is 45.1 Å². The summed E-state index contributed by atoms with van der Waals surface area (Å²) < 4.78 is 5.46. The Bertz CT molecular complexity index is 881. The average Bonchev–Trinajstić information content (AvgIpc) is 3.15. The third-order valence-electron chi connectivity index (χ3n) is 7.18. The van der Waals surface area contributed by atoms with Gasteiger partial charge in [-0.05, 0) is 42.7 Å². The van der Waals surface area contributed by atoms with E-state index in [1.54, 1.807) is 18.5 Å². The Morgan fingerprint density at radius 2 is 1.93 bits per heavy atom.